The molecule has 2 aliphatic carbocycles. The molecule has 4 rings (SSSR count). The third kappa shape index (κ3) is 1.71. The van der Waals surface area contributed by atoms with Crippen LogP contribution in [0.5, 0.6) is 0 Å². The highest BCUT2D eigenvalue weighted by Crippen LogP contribution is 2.56. The minimum Gasteiger partial charge on any atom is -0.305 e. The van der Waals surface area contributed by atoms with E-state index in [4.69, 9.17) is 0 Å². The molecule has 0 radical (unpaired) electrons. The summed E-state index contributed by atoms with van der Waals surface area (Å²) in [6.45, 7) is 3.69. The molecule has 102 valence electrons. The summed E-state index contributed by atoms with van der Waals surface area (Å²) in [6, 6.07) is 1.76. The van der Waals surface area contributed by atoms with Crippen LogP contribution in [-0.4, -0.2) is 26.1 Å². The number of amides is 1. The van der Waals surface area contributed by atoms with Crippen molar-refractivity contribution in [2.24, 2.45) is 5.92 Å². The van der Waals surface area contributed by atoms with Gasteiger partial charge in [0.15, 0.2) is 5.69 Å². The first-order valence-corrected chi connectivity index (χ1v) is 6.82. The Morgan fingerprint density at radius 1 is 1.40 bits per heavy atom. The van der Waals surface area contributed by atoms with Crippen LogP contribution in [-0.2, 0) is 6.42 Å². The molecule has 6 heteroatoms. The van der Waals surface area contributed by atoms with Gasteiger partial charge in [0, 0.05) is 28.9 Å². The fourth-order valence-electron chi connectivity index (χ4n) is 3.13. The van der Waals surface area contributed by atoms with E-state index in [9.17, 15) is 4.79 Å². The lowest BCUT2D eigenvalue weighted by Gasteiger charge is -2.05. The van der Waals surface area contributed by atoms with Crippen LogP contribution < -0.4 is 5.32 Å². The molecule has 0 saturated heterocycles. The van der Waals surface area contributed by atoms with Crippen LogP contribution in [0.15, 0.2) is 6.07 Å². The summed E-state index contributed by atoms with van der Waals surface area (Å²) in [5.41, 5.74) is 3.60. The zero-order valence-corrected chi connectivity index (χ0v) is 11.4. The first kappa shape index (κ1) is 11.6. The summed E-state index contributed by atoms with van der Waals surface area (Å²) in [4.78, 5) is 20.7. The smallest absolute Gasteiger partial charge is 0.277 e. The molecule has 2 aromatic rings. The van der Waals surface area contributed by atoms with E-state index in [0.29, 0.717) is 23.3 Å². The number of aromatic nitrogens is 4. The Bertz CT molecular complexity index is 700. The summed E-state index contributed by atoms with van der Waals surface area (Å²) in [6.07, 6.45) is 2.21. The van der Waals surface area contributed by atoms with Gasteiger partial charge >= 0.3 is 0 Å². The molecular weight excluding hydrogens is 254 g/mol. The zero-order valence-electron chi connectivity index (χ0n) is 11.4. The standard InChI is InChI=1S/C14H15N5O/c1-6-3-11(16-7(2)15-6)17-14(20)13-10-5-8-4-9(8)12(10)18-19-13/h3,8-9H,4-5H2,1-2H3,(H,18,19)(H,15,16,17,20). The van der Waals surface area contributed by atoms with E-state index in [2.05, 4.69) is 25.5 Å². The number of rotatable bonds is 2. The van der Waals surface area contributed by atoms with Crippen molar-refractivity contribution in [1.82, 2.24) is 20.2 Å². The van der Waals surface area contributed by atoms with Crippen LogP contribution in [0, 0.1) is 19.8 Å². The third-order valence-corrected chi connectivity index (χ3v) is 4.08. The fourth-order valence-corrected chi connectivity index (χ4v) is 3.13. The first-order valence-electron chi connectivity index (χ1n) is 6.82. The highest BCUT2D eigenvalue weighted by molar-refractivity contribution is 6.03. The lowest BCUT2D eigenvalue weighted by molar-refractivity contribution is 0.102. The predicted octanol–water partition coefficient (Wildman–Crippen LogP) is 1.73. The van der Waals surface area contributed by atoms with Crippen LogP contribution in [0.4, 0.5) is 5.82 Å². The van der Waals surface area contributed by atoms with Crippen LogP contribution >= 0.6 is 0 Å². The molecule has 2 atom stereocenters. The Hall–Kier alpha value is -2.24. The molecule has 2 aliphatic rings. The van der Waals surface area contributed by atoms with Gasteiger partial charge in [-0.05, 0) is 32.6 Å². The Morgan fingerprint density at radius 2 is 2.25 bits per heavy atom. The topological polar surface area (TPSA) is 83.6 Å². The van der Waals surface area contributed by atoms with Crippen molar-refractivity contribution in [2.75, 3.05) is 5.32 Å². The lowest BCUT2D eigenvalue weighted by atomic mass is 10.1. The Labute approximate surface area is 116 Å². The molecular formula is C14H15N5O. The molecule has 6 nitrogen and oxygen atoms in total. The maximum atomic E-state index is 12.3. The third-order valence-electron chi connectivity index (χ3n) is 4.08. The number of aryl methyl sites for hydroxylation is 2. The van der Waals surface area contributed by atoms with E-state index in [0.717, 1.165) is 29.3 Å². The van der Waals surface area contributed by atoms with Gasteiger partial charge in [0.2, 0.25) is 0 Å². The molecule has 2 heterocycles. The van der Waals surface area contributed by atoms with Gasteiger partial charge in [-0.1, -0.05) is 0 Å². The molecule has 1 saturated carbocycles. The number of H-pyrrole nitrogens is 1. The van der Waals surface area contributed by atoms with Gasteiger partial charge in [0.05, 0.1) is 0 Å². The van der Waals surface area contributed by atoms with Gasteiger partial charge in [0.25, 0.3) is 5.91 Å². The maximum absolute atomic E-state index is 12.3. The molecule has 2 unspecified atom stereocenters. The minimum atomic E-state index is -0.193. The fraction of sp³-hybridized carbons (Fsp3) is 0.429. The number of fused-ring (bicyclic) bond motifs is 3. The number of carbonyl (C=O) groups is 1. The van der Waals surface area contributed by atoms with Crippen molar-refractivity contribution < 1.29 is 4.79 Å². The van der Waals surface area contributed by atoms with Crippen molar-refractivity contribution in [3.05, 3.63) is 34.5 Å². The Morgan fingerprint density at radius 3 is 3.05 bits per heavy atom. The monoisotopic (exact) mass is 269 g/mol. The van der Waals surface area contributed by atoms with Crippen LogP contribution in [0.2, 0.25) is 0 Å². The highest BCUT2D eigenvalue weighted by Gasteiger charge is 2.48. The van der Waals surface area contributed by atoms with Crippen LogP contribution in [0.1, 0.15) is 45.6 Å². The number of aromatic amines is 1. The highest BCUT2D eigenvalue weighted by atomic mass is 16.2. The van der Waals surface area contributed by atoms with Crippen molar-refractivity contribution in [3.8, 4) is 0 Å². The summed E-state index contributed by atoms with van der Waals surface area (Å²) in [7, 11) is 0. The quantitative estimate of drug-likeness (QED) is 0.869. The molecule has 0 spiro atoms. The van der Waals surface area contributed by atoms with Crippen molar-refractivity contribution in [1.29, 1.82) is 0 Å². The molecule has 1 fully saturated rings. The number of hydrogen-bond acceptors (Lipinski definition) is 4. The van der Waals surface area contributed by atoms with Gasteiger partial charge in [0.1, 0.15) is 11.6 Å². The van der Waals surface area contributed by atoms with Gasteiger partial charge in [-0.25, -0.2) is 9.97 Å². The summed E-state index contributed by atoms with van der Waals surface area (Å²) < 4.78 is 0. The van der Waals surface area contributed by atoms with E-state index in [1.165, 1.54) is 6.42 Å². The van der Waals surface area contributed by atoms with E-state index >= 15 is 0 Å². The number of anilines is 1. The number of hydrogen-bond donors (Lipinski definition) is 2. The summed E-state index contributed by atoms with van der Waals surface area (Å²) in [5, 5.41) is 10.0. The second-order valence-electron chi connectivity index (χ2n) is 5.67. The number of carbonyl (C=O) groups excluding carboxylic acids is 1. The van der Waals surface area contributed by atoms with Gasteiger partial charge in [-0.3, -0.25) is 9.89 Å². The second kappa shape index (κ2) is 3.88. The number of nitrogens with zero attached hydrogens (tertiary/aromatic N) is 3. The van der Waals surface area contributed by atoms with Crippen molar-refractivity contribution >= 4 is 11.7 Å². The molecule has 0 aromatic carbocycles. The predicted molar refractivity (Wildman–Crippen MR) is 72.6 cm³/mol. The molecule has 0 aliphatic heterocycles. The summed E-state index contributed by atoms with van der Waals surface area (Å²) in [5.74, 6) is 2.33. The maximum Gasteiger partial charge on any atom is 0.277 e. The average molecular weight is 269 g/mol. The SMILES string of the molecule is Cc1cc(NC(=O)c2n[nH]c3c2CC2CC32)nc(C)n1. The van der Waals surface area contributed by atoms with E-state index in [-0.39, 0.29) is 5.91 Å². The molecule has 2 aromatic heterocycles. The van der Waals surface area contributed by atoms with E-state index < -0.39 is 0 Å². The van der Waals surface area contributed by atoms with E-state index in [1.807, 2.05) is 13.8 Å². The van der Waals surface area contributed by atoms with Crippen molar-refractivity contribution in [3.63, 3.8) is 0 Å². The Kier molecular flexibility index (Phi) is 2.24. The number of nitrogens with one attached hydrogen (secondary N) is 2. The normalized spacial score (nSPS) is 22.3. The van der Waals surface area contributed by atoms with Crippen LogP contribution in [0.25, 0.3) is 0 Å². The van der Waals surface area contributed by atoms with E-state index in [1.54, 1.807) is 6.07 Å². The average Bonchev–Trinajstić information content (AvgIpc) is 2.85. The first-order chi connectivity index (χ1) is 9.61. The molecule has 1 amide bonds. The molecule has 0 bridgehead atoms. The van der Waals surface area contributed by atoms with Crippen molar-refractivity contribution in [2.45, 2.75) is 32.6 Å². The lowest BCUT2D eigenvalue weighted by Crippen LogP contribution is -2.16. The van der Waals surface area contributed by atoms with Crippen LogP contribution in [0.3, 0.4) is 0 Å². The van der Waals surface area contributed by atoms with Gasteiger partial charge in [-0.15, -0.1) is 0 Å². The van der Waals surface area contributed by atoms with Gasteiger partial charge < -0.3 is 5.32 Å². The largest absolute Gasteiger partial charge is 0.305 e. The second-order valence-corrected chi connectivity index (χ2v) is 5.67. The summed E-state index contributed by atoms with van der Waals surface area (Å²) >= 11 is 0. The zero-order chi connectivity index (χ0) is 13.9. The minimum absolute atomic E-state index is 0.193. The molecule has 20 heavy (non-hydrogen) atoms. The molecule has 2 N–H and O–H groups in total. The Balaban J connectivity index is 1.60. The van der Waals surface area contributed by atoms with Gasteiger partial charge in [-0.2, -0.15) is 5.10 Å².